The van der Waals surface area contributed by atoms with Crippen LogP contribution in [0.25, 0.3) is 0 Å². The van der Waals surface area contributed by atoms with Gasteiger partial charge in [-0.15, -0.1) is 5.10 Å². The van der Waals surface area contributed by atoms with Crippen LogP contribution in [0, 0.1) is 0 Å². The van der Waals surface area contributed by atoms with Crippen LogP contribution in [0.2, 0.25) is 0 Å². The van der Waals surface area contributed by atoms with E-state index in [1.54, 1.807) is 7.05 Å². The summed E-state index contributed by atoms with van der Waals surface area (Å²) in [7, 11) is 2.84. The summed E-state index contributed by atoms with van der Waals surface area (Å²) < 4.78 is 5.62. The fourth-order valence-corrected chi connectivity index (χ4v) is 0.494. The van der Waals surface area contributed by atoms with Crippen LogP contribution >= 0.6 is 0 Å². The molecule has 10 heavy (non-hydrogen) atoms. The predicted octanol–water partition coefficient (Wildman–Crippen LogP) is -1.00. The van der Waals surface area contributed by atoms with E-state index in [4.69, 9.17) is 0 Å². The lowest BCUT2D eigenvalue weighted by Gasteiger charge is -1.93. The summed E-state index contributed by atoms with van der Waals surface area (Å²) in [6.07, 6.45) is 0. The number of carbonyl (C=O) groups is 1. The first-order chi connectivity index (χ1) is 4.75. The van der Waals surface area contributed by atoms with Gasteiger partial charge in [0.2, 0.25) is 0 Å². The van der Waals surface area contributed by atoms with E-state index < -0.39 is 5.97 Å². The molecule has 0 fully saturated rings. The van der Waals surface area contributed by atoms with Gasteiger partial charge in [-0.2, -0.15) is 0 Å². The normalized spacial score (nSPS) is 9.40. The number of carbonyl (C=O) groups excluding carboxylic acids is 1. The Hall–Kier alpha value is -1.46. The van der Waals surface area contributed by atoms with Gasteiger partial charge in [0.05, 0.1) is 7.11 Å². The highest BCUT2D eigenvalue weighted by atomic mass is 16.5. The quantitative estimate of drug-likeness (QED) is 0.470. The van der Waals surface area contributed by atoms with Crippen LogP contribution in [-0.4, -0.2) is 33.3 Å². The van der Waals surface area contributed by atoms with Gasteiger partial charge in [-0.25, -0.2) is 9.48 Å². The van der Waals surface area contributed by atoms with Crippen LogP contribution in [-0.2, 0) is 11.8 Å². The molecule has 1 heterocycles. The summed E-state index contributed by atoms with van der Waals surface area (Å²) in [5, 5.41) is 10.1. The number of hydrogen-bond acceptors (Lipinski definition) is 5. The molecule has 1 aromatic heterocycles. The summed E-state index contributed by atoms with van der Waals surface area (Å²) in [6.45, 7) is 0. The van der Waals surface area contributed by atoms with E-state index >= 15 is 0 Å². The van der Waals surface area contributed by atoms with Gasteiger partial charge >= 0.3 is 5.97 Å². The van der Waals surface area contributed by atoms with Crippen molar-refractivity contribution in [3.8, 4) is 0 Å². The van der Waals surface area contributed by atoms with Crippen LogP contribution in [0.1, 0.15) is 10.6 Å². The van der Waals surface area contributed by atoms with Crippen LogP contribution in [0.5, 0.6) is 0 Å². The zero-order valence-electron chi connectivity index (χ0n) is 5.61. The first-order valence-corrected chi connectivity index (χ1v) is 2.56. The largest absolute Gasteiger partial charge is 0.463 e. The molecule has 0 saturated heterocycles. The highest BCUT2D eigenvalue weighted by molar-refractivity contribution is 5.84. The molecule has 0 spiro atoms. The Kier molecular flexibility index (Phi) is 1.61. The molecule has 1 rings (SSSR count). The van der Waals surface area contributed by atoms with Crippen molar-refractivity contribution in [1.29, 1.82) is 0 Å². The molecule has 6 heteroatoms. The van der Waals surface area contributed by atoms with Crippen molar-refractivity contribution in [1.82, 2.24) is 20.2 Å². The second-order valence-corrected chi connectivity index (χ2v) is 1.62. The van der Waals surface area contributed by atoms with Crippen LogP contribution in [0.3, 0.4) is 0 Å². The third-order valence-corrected chi connectivity index (χ3v) is 0.988. The molecule has 0 aliphatic heterocycles. The Labute approximate surface area is 56.8 Å². The molecular weight excluding hydrogens is 136 g/mol. The number of methoxy groups -OCH3 is 1. The van der Waals surface area contributed by atoms with E-state index in [1.165, 1.54) is 11.8 Å². The average molecular weight is 142 g/mol. The standard InChI is InChI=1S/C4H6N4O2/c1-8-3(4(9)10-2)5-6-7-8/h1-2H3. The minimum atomic E-state index is -0.535. The Morgan fingerprint density at radius 3 is 2.80 bits per heavy atom. The van der Waals surface area contributed by atoms with Gasteiger partial charge in [-0.3, -0.25) is 0 Å². The SMILES string of the molecule is COC(=O)c1nnnn1C. The smallest absolute Gasteiger partial charge is 0.377 e. The van der Waals surface area contributed by atoms with Gasteiger partial charge in [0.25, 0.3) is 5.82 Å². The fourth-order valence-electron chi connectivity index (χ4n) is 0.494. The zero-order valence-corrected chi connectivity index (χ0v) is 5.61. The summed E-state index contributed by atoms with van der Waals surface area (Å²) >= 11 is 0. The van der Waals surface area contributed by atoms with E-state index in [1.807, 2.05) is 0 Å². The number of hydrogen-bond donors (Lipinski definition) is 0. The van der Waals surface area contributed by atoms with Crippen molar-refractivity contribution < 1.29 is 9.53 Å². The fraction of sp³-hybridized carbons (Fsp3) is 0.500. The lowest BCUT2D eigenvalue weighted by Crippen LogP contribution is -2.09. The number of nitrogens with zero attached hydrogens (tertiary/aromatic N) is 4. The monoisotopic (exact) mass is 142 g/mol. The molecule has 0 bridgehead atoms. The van der Waals surface area contributed by atoms with Crippen LogP contribution in [0.4, 0.5) is 0 Å². The second-order valence-electron chi connectivity index (χ2n) is 1.62. The molecule has 1 aromatic rings. The maximum atomic E-state index is 10.7. The first kappa shape index (κ1) is 6.66. The maximum absolute atomic E-state index is 10.7. The van der Waals surface area contributed by atoms with Crippen LogP contribution < -0.4 is 0 Å². The number of aromatic nitrogens is 4. The topological polar surface area (TPSA) is 69.9 Å². The third kappa shape index (κ3) is 0.949. The van der Waals surface area contributed by atoms with Gasteiger partial charge in [0, 0.05) is 7.05 Å². The van der Waals surface area contributed by atoms with E-state index in [0.29, 0.717) is 0 Å². The van der Waals surface area contributed by atoms with Crippen molar-refractivity contribution in [2.45, 2.75) is 0 Å². The van der Waals surface area contributed by atoms with E-state index in [2.05, 4.69) is 20.3 Å². The molecule has 0 aromatic carbocycles. The molecule has 0 amide bonds. The lowest BCUT2D eigenvalue weighted by molar-refractivity contribution is 0.0581. The molecule has 6 nitrogen and oxygen atoms in total. The molecule has 0 aliphatic carbocycles. The number of aryl methyl sites for hydroxylation is 1. The summed E-state index contributed by atoms with van der Waals surface area (Å²) in [5.41, 5.74) is 0. The molecule has 0 atom stereocenters. The van der Waals surface area contributed by atoms with E-state index in [0.717, 1.165) is 0 Å². The van der Waals surface area contributed by atoms with Crippen molar-refractivity contribution in [3.05, 3.63) is 5.82 Å². The molecular formula is C4H6N4O2. The minimum Gasteiger partial charge on any atom is -0.463 e. The van der Waals surface area contributed by atoms with Gasteiger partial charge in [-0.05, 0) is 10.4 Å². The second kappa shape index (κ2) is 2.42. The van der Waals surface area contributed by atoms with Crippen LogP contribution in [0.15, 0.2) is 0 Å². The maximum Gasteiger partial charge on any atom is 0.377 e. The Morgan fingerprint density at radius 2 is 2.40 bits per heavy atom. The summed E-state index contributed by atoms with van der Waals surface area (Å²) in [4.78, 5) is 10.7. The number of ether oxygens (including phenoxy) is 1. The zero-order chi connectivity index (χ0) is 7.56. The molecule has 0 aliphatic rings. The van der Waals surface area contributed by atoms with Crippen molar-refractivity contribution in [2.24, 2.45) is 7.05 Å². The Bertz CT molecular complexity index is 243. The summed E-state index contributed by atoms with van der Waals surface area (Å²) in [6, 6.07) is 0. The molecule has 0 N–H and O–H groups in total. The van der Waals surface area contributed by atoms with Gasteiger partial charge in [0.15, 0.2) is 0 Å². The predicted molar refractivity (Wildman–Crippen MR) is 30.1 cm³/mol. The van der Waals surface area contributed by atoms with Gasteiger partial charge in [0.1, 0.15) is 0 Å². The first-order valence-electron chi connectivity index (χ1n) is 2.56. The van der Waals surface area contributed by atoms with Crippen molar-refractivity contribution >= 4 is 5.97 Å². The average Bonchev–Trinajstić information content (AvgIpc) is 2.34. The minimum absolute atomic E-state index is 0.0995. The Morgan fingerprint density at radius 1 is 1.70 bits per heavy atom. The van der Waals surface area contributed by atoms with Crippen molar-refractivity contribution in [2.75, 3.05) is 7.11 Å². The molecule has 0 saturated carbocycles. The summed E-state index contributed by atoms with van der Waals surface area (Å²) in [5.74, 6) is -0.435. The third-order valence-electron chi connectivity index (χ3n) is 0.988. The lowest BCUT2D eigenvalue weighted by atomic mass is 10.6. The highest BCUT2D eigenvalue weighted by Crippen LogP contribution is 1.89. The molecule has 54 valence electrons. The van der Waals surface area contributed by atoms with E-state index in [-0.39, 0.29) is 5.82 Å². The molecule has 0 unspecified atom stereocenters. The number of tetrazole rings is 1. The highest BCUT2D eigenvalue weighted by Gasteiger charge is 2.11. The van der Waals surface area contributed by atoms with E-state index in [9.17, 15) is 4.79 Å². The van der Waals surface area contributed by atoms with Gasteiger partial charge in [-0.1, -0.05) is 0 Å². The number of rotatable bonds is 1. The molecule has 0 radical (unpaired) electrons. The van der Waals surface area contributed by atoms with Crippen molar-refractivity contribution in [3.63, 3.8) is 0 Å². The Balaban J connectivity index is 2.93. The number of esters is 1. The van der Waals surface area contributed by atoms with Gasteiger partial charge < -0.3 is 4.74 Å².